The van der Waals surface area contributed by atoms with Crippen LogP contribution in [0.25, 0.3) is 11.1 Å². The van der Waals surface area contributed by atoms with Gasteiger partial charge in [-0.25, -0.2) is 9.59 Å². The summed E-state index contributed by atoms with van der Waals surface area (Å²) in [6, 6.07) is 28.9. The van der Waals surface area contributed by atoms with Crippen LogP contribution < -0.4 is 14.8 Å². The van der Waals surface area contributed by atoms with Crippen molar-refractivity contribution < 1.29 is 29.3 Å². The smallest absolute Gasteiger partial charge is 0.337 e. The first-order valence-electron chi connectivity index (χ1n) is 12.9. The number of hydrogen-bond donors (Lipinski definition) is 3. The maximum absolute atomic E-state index is 11.4. The van der Waals surface area contributed by atoms with Gasteiger partial charge in [-0.2, -0.15) is 0 Å². The van der Waals surface area contributed by atoms with E-state index in [1.807, 2.05) is 48.5 Å². The second-order valence-electron chi connectivity index (χ2n) is 9.02. The van der Waals surface area contributed by atoms with E-state index in [4.69, 9.17) is 14.6 Å². The standard InChI is InChI=1S/C32H31NO6/c34-31(35)25-11-9-23(10-12-25)24-13-17-27(18-14-24)38-21-5-1-2-6-22-39-28-19-15-26(16-20-28)33-30-8-4-3-7-29(30)32(36)37/h3-4,7-20,33H,1-2,5-6,21-22H2,(H,34,35)(H,36,37). The summed E-state index contributed by atoms with van der Waals surface area (Å²) in [6.45, 7) is 1.28. The van der Waals surface area contributed by atoms with Crippen LogP contribution in [0.4, 0.5) is 11.4 Å². The molecular formula is C32H31NO6. The number of unbranched alkanes of at least 4 members (excludes halogenated alkanes) is 3. The lowest BCUT2D eigenvalue weighted by molar-refractivity contribution is 0.0686. The van der Waals surface area contributed by atoms with Crippen molar-refractivity contribution in [1.29, 1.82) is 0 Å². The van der Waals surface area contributed by atoms with Gasteiger partial charge >= 0.3 is 11.9 Å². The van der Waals surface area contributed by atoms with Gasteiger partial charge in [0, 0.05) is 5.69 Å². The van der Waals surface area contributed by atoms with Crippen LogP contribution in [-0.2, 0) is 0 Å². The zero-order valence-electron chi connectivity index (χ0n) is 21.5. The molecule has 39 heavy (non-hydrogen) atoms. The molecule has 0 atom stereocenters. The molecule has 0 aliphatic rings. The summed E-state index contributed by atoms with van der Waals surface area (Å²) in [4.78, 5) is 22.4. The van der Waals surface area contributed by atoms with Gasteiger partial charge in [-0.05, 0) is 97.5 Å². The molecule has 3 N–H and O–H groups in total. The van der Waals surface area contributed by atoms with Gasteiger partial charge in [0.15, 0.2) is 0 Å². The van der Waals surface area contributed by atoms with Crippen molar-refractivity contribution in [3.63, 3.8) is 0 Å². The Morgan fingerprint density at radius 3 is 1.64 bits per heavy atom. The first-order valence-corrected chi connectivity index (χ1v) is 12.9. The van der Waals surface area contributed by atoms with E-state index >= 15 is 0 Å². The largest absolute Gasteiger partial charge is 0.494 e. The zero-order chi connectivity index (χ0) is 27.5. The van der Waals surface area contributed by atoms with Gasteiger partial charge in [0.25, 0.3) is 0 Å². The third kappa shape index (κ3) is 8.10. The number of anilines is 2. The molecule has 0 aliphatic carbocycles. The molecule has 0 saturated carbocycles. The Morgan fingerprint density at radius 2 is 1.10 bits per heavy atom. The maximum atomic E-state index is 11.4. The van der Waals surface area contributed by atoms with Crippen LogP contribution in [0.1, 0.15) is 46.4 Å². The molecule has 4 aromatic carbocycles. The predicted octanol–water partition coefficient (Wildman–Crippen LogP) is 7.51. The molecular weight excluding hydrogens is 494 g/mol. The van der Waals surface area contributed by atoms with Crippen molar-refractivity contribution in [3.8, 4) is 22.6 Å². The van der Waals surface area contributed by atoms with E-state index in [-0.39, 0.29) is 11.1 Å². The Kier molecular flexibility index (Phi) is 9.56. The number of benzene rings is 4. The zero-order valence-corrected chi connectivity index (χ0v) is 21.5. The first kappa shape index (κ1) is 27.3. The molecule has 4 aromatic rings. The van der Waals surface area contributed by atoms with Gasteiger partial charge in [-0.15, -0.1) is 0 Å². The number of para-hydroxylation sites is 1. The number of carboxylic acid groups (broad SMARTS) is 2. The third-order valence-corrected chi connectivity index (χ3v) is 6.19. The minimum atomic E-state index is -0.970. The highest BCUT2D eigenvalue weighted by Crippen LogP contribution is 2.24. The van der Waals surface area contributed by atoms with Gasteiger partial charge in [0.05, 0.1) is 30.0 Å². The van der Waals surface area contributed by atoms with Crippen LogP contribution in [0.15, 0.2) is 97.1 Å². The second kappa shape index (κ2) is 13.7. The van der Waals surface area contributed by atoms with Crippen molar-refractivity contribution in [2.24, 2.45) is 0 Å². The van der Waals surface area contributed by atoms with Crippen molar-refractivity contribution in [1.82, 2.24) is 0 Å². The minimum absolute atomic E-state index is 0.225. The number of nitrogens with one attached hydrogen (secondary N) is 1. The lowest BCUT2D eigenvalue weighted by atomic mass is 10.0. The molecule has 0 amide bonds. The topological polar surface area (TPSA) is 105 Å². The number of ether oxygens (including phenoxy) is 2. The Hall–Kier alpha value is -4.78. The lowest BCUT2D eigenvalue weighted by Crippen LogP contribution is -2.02. The molecule has 7 heteroatoms. The third-order valence-electron chi connectivity index (χ3n) is 6.19. The first-order chi connectivity index (χ1) is 19.0. The Balaban J connectivity index is 1.09. The maximum Gasteiger partial charge on any atom is 0.337 e. The predicted molar refractivity (Wildman–Crippen MR) is 151 cm³/mol. The van der Waals surface area contributed by atoms with Crippen LogP contribution in [0.2, 0.25) is 0 Å². The van der Waals surface area contributed by atoms with Gasteiger partial charge in [0.2, 0.25) is 0 Å². The fourth-order valence-corrected chi connectivity index (χ4v) is 4.06. The van der Waals surface area contributed by atoms with Crippen LogP contribution in [0.5, 0.6) is 11.5 Å². The summed E-state index contributed by atoms with van der Waals surface area (Å²) in [5, 5.41) is 21.5. The van der Waals surface area contributed by atoms with E-state index in [1.54, 1.807) is 48.5 Å². The molecule has 0 fully saturated rings. The van der Waals surface area contributed by atoms with E-state index in [0.29, 0.717) is 18.9 Å². The van der Waals surface area contributed by atoms with E-state index in [1.165, 1.54) is 0 Å². The highest BCUT2D eigenvalue weighted by atomic mass is 16.5. The van der Waals surface area contributed by atoms with E-state index in [0.717, 1.165) is 54.0 Å². The normalized spacial score (nSPS) is 10.6. The van der Waals surface area contributed by atoms with Crippen molar-refractivity contribution >= 4 is 23.3 Å². The molecule has 0 radical (unpaired) electrons. The fourth-order valence-electron chi connectivity index (χ4n) is 4.06. The van der Waals surface area contributed by atoms with E-state index < -0.39 is 11.9 Å². The van der Waals surface area contributed by atoms with Gasteiger partial charge in [-0.1, -0.05) is 36.4 Å². The van der Waals surface area contributed by atoms with Crippen LogP contribution >= 0.6 is 0 Å². The average Bonchev–Trinajstić information content (AvgIpc) is 2.96. The van der Waals surface area contributed by atoms with Crippen LogP contribution in [0, 0.1) is 0 Å². The fraction of sp³-hybridized carbons (Fsp3) is 0.188. The van der Waals surface area contributed by atoms with Gasteiger partial charge < -0.3 is 25.0 Å². The van der Waals surface area contributed by atoms with Crippen molar-refractivity contribution in [2.45, 2.75) is 25.7 Å². The number of carbonyl (C=O) groups is 2. The summed E-state index contributed by atoms with van der Waals surface area (Å²) in [7, 11) is 0. The van der Waals surface area contributed by atoms with E-state index in [2.05, 4.69) is 5.32 Å². The molecule has 4 rings (SSSR count). The molecule has 7 nitrogen and oxygen atoms in total. The number of rotatable bonds is 14. The average molecular weight is 526 g/mol. The quantitative estimate of drug-likeness (QED) is 0.146. The Bertz CT molecular complexity index is 1370. The number of hydrogen-bond acceptors (Lipinski definition) is 5. The molecule has 200 valence electrons. The second-order valence-corrected chi connectivity index (χ2v) is 9.02. The molecule has 0 unspecified atom stereocenters. The van der Waals surface area contributed by atoms with Crippen molar-refractivity contribution in [2.75, 3.05) is 18.5 Å². The van der Waals surface area contributed by atoms with Gasteiger partial charge in [0.1, 0.15) is 11.5 Å². The van der Waals surface area contributed by atoms with Crippen molar-refractivity contribution in [3.05, 3.63) is 108 Å². The summed E-state index contributed by atoms with van der Waals surface area (Å²) in [5.74, 6) is -0.312. The van der Waals surface area contributed by atoms with Gasteiger partial charge in [-0.3, -0.25) is 0 Å². The molecule has 0 aromatic heterocycles. The summed E-state index contributed by atoms with van der Waals surface area (Å²) >= 11 is 0. The molecule has 0 aliphatic heterocycles. The number of aromatic carboxylic acids is 2. The summed E-state index contributed by atoms with van der Waals surface area (Å²) < 4.78 is 11.7. The minimum Gasteiger partial charge on any atom is -0.494 e. The monoisotopic (exact) mass is 525 g/mol. The van der Waals surface area contributed by atoms with E-state index in [9.17, 15) is 14.7 Å². The molecule has 0 bridgehead atoms. The van der Waals surface area contributed by atoms with Crippen LogP contribution in [-0.4, -0.2) is 35.4 Å². The highest BCUT2D eigenvalue weighted by Gasteiger charge is 2.09. The summed E-state index contributed by atoms with van der Waals surface area (Å²) in [5.41, 5.74) is 3.80. The molecule has 0 heterocycles. The van der Waals surface area contributed by atoms with Crippen LogP contribution in [0.3, 0.4) is 0 Å². The Labute approximate surface area is 227 Å². The molecule has 0 saturated heterocycles. The lowest BCUT2D eigenvalue weighted by Gasteiger charge is -2.11. The summed E-state index contributed by atoms with van der Waals surface area (Å²) in [6.07, 6.45) is 3.99. The highest BCUT2D eigenvalue weighted by molar-refractivity contribution is 5.95. The number of carboxylic acids is 2. The molecule has 0 spiro atoms. The Morgan fingerprint density at radius 1 is 0.590 bits per heavy atom. The SMILES string of the molecule is O=C(O)c1ccc(-c2ccc(OCCCCCCOc3ccc(Nc4ccccc4C(=O)O)cc3)cc2)cc1.